The standard InChI is InChI=1S/C14H15ClN2O4/c1-2-21-14(20)11(10(18)8-15)12(16)17-13(19)9-6-4-3-5-7-9/h3-7,18H,2,8H2,1H3,(H2,16,17,19)/b11-10+. The van der Waals surface area contributed by atoms with Crippen LogP contribution < -0.4 is 5.73 Å². The Hall–Kier alpha value is -2.34. The van der Waals surface area contributed by atoms with Crippen molar-refractivity contribution in [1.82, 2.24) is 0 Å². The van der Waals surface area contributed by atoms with Crippen molar-refractivity contribution in [3.63, 3.8) is 0 Å². The number of benzene rings is 1. The summed E-state index contributed by atoms with van der Waals surface area (Å²) in [5.74, 6) is -2.84. The highest BCUT2D eigenvalue weighted by molar-refractivity contribution is 6.24. The Kier molecular flexibility index (Phi) is 6.42. The van der Waals surface area contributed by atoms with Gasteiger partial charge in [0.25, 0.3) is 5.91 Å². The maximum absolute atomic E-state index is 11.9. The number of halogens is 1. The third kappa shape index (κ3) is 4.61. The average molecular weight is 311 g/mol. The molecule has 1 aromatic carbocycles. The van der Waals surface area contributed by atoms with Crippen molar-refractivity contribution in [2.24, 2.45) is 10.7 Å². The van der Waals surface area contributed by atoms with Gasteiger partial charge in [-0.3, -0.25) is 4.79 Å². The molecule has 0 radical (unpaired) electrons. The Bertz CT molecular complexity index is 582. The largest absolute Gasteiger partial charge is 0.510 e. The Balaban J connectivity index is 3.12. The molecule has 21 heavy (non-hydrogen) atoms. The zero-order chi connectivity index (χ0) is 15.8. The topological polar surface area (TPSA) is 102 Å². The molecule has 1 aromatic rings. The van der Waals surface area contributed by atoms with Crippen molar-refractivity contribution < 1.29 is 19.4 Å². The minimum atomic E-state index is -0.891. The highest BCUT2D eigenvalue weighted by atomic mass is 35.5. The van der Waals surface area contributed by atoms with Crippen LogP contribution in [0.3, 0.4) is 0 Å². The van der Waals surface area contributed by atoms with Gasteiger partial charge in [-0.15, -0.1) is 11.6 Å². The number of alkyl halides is 1. The van der Waals surface area contributed by atoms with Gasteiger partial charge in [-0.2, -0.15) is 4.99 Å². The molecule has 0 bridgehead atoms. The summed E-state index contributed by atoms with van der Waals surface area (Å²) in [6.07, 6.45) is 0. The van der Waals surface area contributed by atoms with Crippen molar-refractivity contribution >= 4 is 29.3 Å². The van der Waals surface area contributed by atoms with Crippen LogP contribution in [-0.2, 0) is 9.53 Å². The highest BCUT2D eigenvalue weighted by Gasteiger charge is 2.21. The van der Waals surface area contributed by atoms with Crippen molar-refractivity contribution in [2.75, 3.05) is 12.5 Å². The summed E-state index contributed by atoms with van der Waals surface area (Å²) in [5, 5.41) is 9.64. The smallest absolute Gasteiger partial charge is 0.345 e. The van der Waals surface area contributed by atoms with Crippen molar-refractivity contribution in [1.29, 1.82) is 0 Å². The van der Waals surface area contributed by atoms with Crippen LogP contribution in [0.2, 0.25) is 0 Å². The molecule has 0 heterocycles. The number of carbonyl (C=O) groups is 2. The van der Waals surface area contributed by atoms with Gasteiger partial charge in [0.15, 0.2) is 0 Å². The molecule has 0 saturated carbocycles. The summed E-state index contributed by atoms with van der Waals surface area (Å²) in [7, 11) is 0. The van der Waals surface area contributed by atoms with Crippen molar-refractivity contribution in [2.45, 2.75) is 6.92 Å². The van der Waals surface area contributed by atoms with E-state index in [0.29, 0.717) is 5.56 Å². The number of esters is 1. The van der Waals surface area contributed by atoms with E-state index in [1.807, 2.05) is 0 Å². The lowest BCUT2D eigenvalue weighted by Crippen LogP contribution is -2.26. The van der Waals surface area contributed by atoms with Crippen LogP contribution in [-0.4, -0.2) is 35.3 Å². The number of aliphatic hydroxyl groups excluding tert-OH is 1. The van der Waals surface area contributed by atoms with E-state index >= 15 is 0 Å². The van der Waals surface area contributed by atoms with E-state index in [4.69, 9.17) is 22.1 Å². The molecule has 0 atom stereocenters. The molecule has 112 valence electrons. The van der Waals surface area contributed by atoms with E-state index in [9.17, 15) is 14.7 Å². The van der Waals surface area contributed by atoms with Gasteiger partial charge in [-0.25, -0.2) is 4.79 Å². The molecular weight excluding hydrogens is 296 g/mol. The Morgan fingerprint density at radius 3 is 2.48 bits per heavy atom. The predicted molar refractivity (Wildman–Crippen MR) is 79.4 cm³/mol. The average Bonchev–Trinajstić information content (AvgIpc) is 2.48. The van der Waals surface area contributed by atoms with Gasteiger partial charge in [0, 0.05) is 5.56 Å². The van der Waals surface area contributed by atoms with Crippen LogP contribution in [0.5, 0.6) is 0 Å². The lowest BCUT2D eigenvalue weighted by atomic mass is 10.2. The summed E-state index contributed by atoms with van der Waals surface area (Å²) in [6.45, 7) is 1.67. The first-order valence-electron chi connectivity index (χ1n) is 6.10. The van der Waals surface area contributed by atoms with Crippen molar-refractivity contribution in [3.05, 3.63) is 47.2 Å². The first kappa shape index (κ1) is 16.7. The number of aliphatic hydroxyl groups is 1. The Morgan fingerprint density at radius 2 is 1.95 bits per heavy atom. The molecule has 0 spiro atoms. The number of amidine groups is 1. The summed E-state index contributed by atoms with van der Waals surface area (Å²) < 4.78 is 4.75. The molecule has 0 aromatic heterocycles. The van der Waals surface area contributed by atoms with E-state index < -0.39 is 29.0 Å². The lowest BCUT2D eigenvalue weighted by Gasteiger charge is -2.08. The number of aliphatic imine (C=N–C) groups is 1. The lowest BCUT2D eigenvalue weighted by molar-refractivity contribution is -0.138. The number of amides is 1. The monoisotopic (exact) mass is 310 g/mol. The van der Waals surface area contributed by atoms with Crippen molar-refractivity contribution in [3.8, 4) is 0 Å². The number of rotatable bonds is 5. The molecule has 3 N–H and O–H groups in total. The van der Waals surface area contributed by atoms with Crippen LogP contribution in [0.1, 0.15) is 17.3 Å². The molecular formula is C14H15ClN2O4. The summed E-state index contributed by atoms with van der Waals surface area (Å²) in [5.41, 5.74) is 5.51. The van der Waals surface area contributed by atoms with E-state index in [2.05, 4.69) is 4.99 Å². The number of hydrogen-bond acceptors (Lipinski definition) is 4. The van der Waals surface area contributed by atoms with Gasteiger partial charge in [-0.1, -0.05) is 18.2 Å². The fourth-order valence-electron chi connectivity index (χ4n) is 1.45. The molecule has 0 fully saturated rings. The van der Waals surface area contributed by atoms with Gasteiger partial charge in [0.05, 0.1) is 12.5 Å². The number of hydrogen-bond donors (Lipinski definition) is 2. The molecule has 0 aliphatic heterocycles. The summed E-state index contributed by atoms with van der Waals surface area (Å²) in [4.78, 5) is 27.2. The Morgan fingerprint density at radius 1 is 1.33 bits per heavy atom. The predicted octanol–water partition coefficient (Wildman–Crippen LogP) is 1.80. The quantitative estimate of drug-likeness (QED) is 0.216. The van der Waals surface area contributed by atoms with Crippen LogP contribution in [0, 0.1) is 0 Å². The number of nitrogens with zero attached hydrogens (tertiary/aromatic N) is 1. The van der Waals surface area contributed by atoms with E-state index in [1.165, 1.54) is 0 Å². The minimum Gasteiger partial charge on any atom is -0.510 e. The zero-order valence-electron chi connectivity index (χ0n) is 11.4. The second-order valence-electron chi connectivity index (χ2n) is 3.84. The maximum Gasteiger partial charge on any atom is 0.345 e. The van der Waals surface area contributed by atoms with E-state index in [-0.39, 0.29) is 12.5 Å². The molecule has 1 rings (SSSR count). The van der Waals surface area contributed by atoms with Crippen LogP contribution >= 0.6 is 11.6 Å². The van der Waals surface area contributed by atoms with Gasteiger partial charge < -0.3 is 15.6 Å². The molecule has 0 unspecified atom stereocenters. The molecule has 7 heteroatoms. The fraction of sp³-hybridized carbons (Fsp3) is 0.214. The van der Waals surface area contributed by atoms with E-state index in [0.717, 1.165) is 0 Å². The molecule has 6 nitrogen and oxygen atoms in total. The minimum absolute atomic E-state index is 0.0812. The number of nitrogens with two attached hydrogens (primary N) is 1. The first-order chi connectivity index (χ1) is 10.0. The third-order valence-electron chi connectivity index (χ3n) is 2.39. The summed E-state index contributed by atoms with van der Waals surface area (Å²) >= 11 is 5.48. The zero-order valence-corrected chi connectivity index (χ0v) is 12.1. The number of ether oxygens (including phenoxy) is 1. The number of allylic oxidation sites excluding steroid dienone is 1. The van der Waals surface area contributed by atoms with Crippen LogP contribution in [0.15, 0.2) is 46.7 Å². The fourth-order valence-corrected chi connectivity index (χ4v) is 1.58. The summed E-state index contributed by atoms with van der Waals surface area (Å²) in [6, 6.07) is 8.17. The normalized spacial score (nSPS) is 12.6. The molecule has 0 saturated heterocycles. The Labute approximate surface area is 126 Å². The second kappa shape index (κ2) is 8.06. The van der Waals surface area contributed by atoms with Crippen LogP contribution in [0.4, 0.5) is 0 Å². The molecule has 1 amide bonds. The third-order valence-corrected chi connectivity index (χ3v) is 2.65. The highest BCUT2D eigenvalue weighted by Crippen LogP contribution is 2.09. The number of carbonyl (C=O) groups excluding carboxylic acids is 2. The van der Waals surface area contributed by atoms with Gasteiger partial charge >= 0.3 is 5.97 Å². The second-order valence-corrected chi connectivity index (χ2v) is 4.11. The SMILES string of the molecule is CCOC(=O)/C(C(N)=NC(=O)c1ccccc1)=C(/O)CCl. The van der Waals surface area contributed by atoms with Gasteiger partial charge in [0.2, 0.25) is 0 Å². The van der Waals surface area contributed by atoms with Crippen LogP contribution in [0.25, 0.3) is 0 Å². The molecule has 0 aliphatic rings. The van der Waals surface area contributed by atoms with Gasteiger partial charge in [-0.05, 0) is 19.1 Å². The first-order valence-corrected chi connectivity index (χ1v) is 6.63. The maximum atomic E-state index is 11.9. The molecule has 0 aliphatic carbocycles. The van der Waals surface area contributed by atoms with E-state index in [1.54, 1.807) is 37.3 Å². The van der Waals surface area contributed by atoms with Gasteiger partial charge in [0.1, 0.15) is 17.2 Å².